The lowest BCUT2D eigenvalue weighted by molar-refractivity contribution is -0.122. The largest absolute Gasteiger partial charge is 0.330 e. The normalized spacial score (nSPS) is 23.7. The van der Waals surface area contributed by atoms with Gasteiger partial charge in [0.05, 0.1) is 0 Å². The van der Waals surface area contributed by atoms with E-state index in [0.717, 1.165) is 19.3 Å². The number of carbonyl (C=O) groups is 1. The lowest BCUT2D eigenvalue weighted by Gasteiger charge is -2.29. The first-order valence-electron chi connectivity index (χ1n) is 6.34. The highest BCUT2D eigenvalue weighted by atomic mass is 35.5. The lowest BCUT2D eigenvalue weighted by atomic mass is 9.79. The molecule has 2 unspecified atom stereocenters. The maximum Gasteiger partial charge on any atom is 0.228 e. The Labute approximate surface area is 112 Å². The van der Waals surface area contributed by atoms with Crippen molar-refractivity contribution < 1.29 is 4.79 Å². The van der Waals surface area contributed by atoms with E-state index in [2.05, 4.69) is 10.3 Å². The number of nitrogens with two attached hydrogens (primary N) is 1. The van der Waals surface area contributed by atoms with E-state index in [4.69, 9.17) is 17.3 Å². The zero-order valence-electron chi connectivity index (χ0n) is 10.2. The molecule has 0 saturated heterocycles. The van der Waals surface area contributed by atoms with Crippen molar-refractivity contribution in [3.05, 3.63) is 23.4 Å². The highest BCUT2D eigenvalue weighted by Gasteiger charge is 2.30. The minimum Gasteiger partial charge on any atom is -0.330 e. The van der Waals surface area contributed by atoms with E-state index in [1.807, 2.05) is 0 Å². The van der Waals surface area contributed by atoms with Gasteiger partial charge < -0.3 is 11.1 Å². The molecule has 1 aliphatic rings. The quantitative estimate of drug-likeness (QED) is 0.827. The zero-order valence-corrected chi connectivity index (χ0v) is 11.0. The SMILES string of the molecule is NCC1CCCCC1C(=O)Nc1cccc(Cl)n1. The molecule has 0 bridgehead atoms. The minimum atomic E-state index is 0.00420. The Morgan fingerprint density at radius 3 is 2.94 bits per heavy atom. The molecule has 1 fully saturated rings. The number of pyridine rings is 1. The number of aromatic nitrogens is 1. The van der Waals surface area contributed by atoms with Crippen molar-refractivity contribution in [1.29, 1.82) is 0 Å². The zero-order chi connectivity index (χ0) is 13.0. The van der Waals surface area contributed by atoms with Gasteiger partial charge in [0, 0.05) is 5.92 Å². The number of nitrogens with one attached hydrogen (secondary N) is 1. The molecule has 0 aliphatic heterocycles. The fourth-order valence-corrected chi connectivity index (χ4v) is 2.70. The van der Waals surface area contributed by atoms with E-state index in [-0.39, 0.29) is 17.7 Å². The van der Waals surface area contributed by atoms with Crippen LogP contribution < -0.4 is 11.1 Å². The van der Waals surface area contributed by atoms with Crippen molar-refractivity contribution in [3.8, 4) is 0 Å². The molecule has 1 heterocycles. The van der Waals surface area contributed by atoms with Gasteiger partial charge in [-0.3, -0.25) is 4.79 Å². The molecule has 0 radical (unpaired) electrons. The maximum absolute atomic E-state index is 12.2. The predicted octanol–water partition coefficient (Wildman–Crippen LogP) is 2.44. The lowest BCUT2D eigenvalue weighted by Crippen LogP contribution is -2.35. The third kappa shape index (κ3) is 3.21. The molecule has 3 N–H and O–H groups in total. The van der Waals surface area contributed by atoms with Crippen LogP contribution in [0.4, 0.5) is 5.82 Å². The van der Waals surface area contributed by atoms with Crippen molar-refractivity contribution in [3.63, 3.8) is 0 Å². The van der Waals surface area contributed by atoms with Crippen LogP contribution in [-0.4, -0.2) is 17.4 Å². The van der Waals surface area contributed by atoms with E-state index >= 15 is 0 Å². The fourth-order valence-electron chi connectivity index (χ4n) is 2.53. The number of nitrogens with zero attached hydrogens (tertiary/aromatic N) is 1. The minimum absolute atomic E-state index is 0.00420. The van der Waals surface area contributed by atoms with Crippen LogP contribution in [-0.2, 0) is 4.79 Å². The van der Waals surface area contributed by atoms with Gasteiger partial charge in [-0.1, -0.05) is 30.5 Å². The molecule has 1 aromatic rings. The van der Waals surface area contributed by atoms with Crippen LogP contribution in [0.2, 0.25) is 5.15 Å². The summed E-state index contributed by atoms with van der Waals surface area (Å²) in [5.74, 6) is 0.816. The third-order valence-electron chi connectivity index (χ3n) is 3.51. The van der Waals surface area contributed by atoms with Gasteiger partial charge in [-0.15, -0.1) is 0 Å². The number of hydrogen-bond acceptors (Lipinski definition) is 3. The van der Waals surface area contributed by atoms with Crippen LogP contribution in [0.5, 0.6) is 0 Å². The average Bonchev–Trinajstić information content (AvgIpc) is 2.38. The molecular weight excluding hydrogens is 250 g/mol. The second kappa shape index (κ2) is 6.16. The summed E-state index contributed by atoms with van der Waals surface area (Å²) in [6.45, 7) is 0.570. The van der Waals surface area contributed by atoms with Crippen LogP contribution in [0, 0.1) is 11.8 Å². The van der Waals surface area contributed by atoms with Crippen LogP contribution in [0.25, 0.3) is 0 Å². The number of carbonyl (C=O) groups excluding carboxylic acids is 1. The summed E-state index contributed by atoms with van der Waals surface area (Å²) in [4.78, 5) is 16.3. The first kappa shape index (κ1) is 13.3. The Balaban J connectivity index is 2.02. The molecule has 18 heavy (non-hydrogen) atoms. The Bertz CT molecular complexity index is 424. The fraction of sp³-hybridized carbons (Fsp3) is 0.538. The summed E-state index contributed by atoms with van der Waals surface area (Å²) in [5.41, 5.74) is 5.73. The van der Waals surface area contributed by atoms with Crippen molar-refractivity contribution in [1.82, 2.24) is 4.98 Å². The second-order valence-corrected chi connectivity index (χ2v) is 5.11. The summed E-state index contributed by atoms with van der Waals surface area (Å²) in [7, 11) is 0. The van der Waals surface area contributed by atoms with Crippen molar-refractivity contribution in [2.75, 3.05) is 11.9 Å². The smallest absolute Gasteiger partial charge is 0.228 e. The molecule has 4 nitrogen and oxygen atoms in total. The second-order valence-electron chi connectivity index (χ2n) is 4.72. The monoisotopic (exact) mass is 267 g/mol. The van der Waals surface area contributed by atoms with Crippen LogP contribution in [0.1, 0.15) is 25.7 Å². The van der Waals surface area contributed by atoms with Gasteiger partial charge in [0.2, 0.25) is 5.91 Å². The summed E-state index contributed by atoms with van der Waals surface area (Å²) in [5, 5.41) is 3.21. The van der Waals surface area contributed by atoms with E-state index in [9.17, 15) is 4.79 Å². The van der Waals surface area contributed by atoms with Gasteiger partial charge in [0.15, 0.2) is 0 Å². The molecular formula is C13H18ClN3O. The molecule has 5 heteroatoms. The van der Waals surface area contributed by atoms with Crippen LogP contribution in [0.15, 0.2) is 18.2 Å². The van der Waals surface area contributed by atoms with E-state index in [1.165, 1.54) is 6.42 Å². The first-order chi connectivity index (χ1) is 8.70. The molecule has 1 saturated carbocycles. The van der Waals surface area contributed by atoms with Gasteiger partial charge in [-0.25, -0.2) is 4.98 Å². The standard InChI is InChI=1S/C13H18ClN3O/c14-11-6-3-7-12(16-11)17-13(18)10-5-2-1-4-9(10)8-15/h3,6-7,9-10H,1-2,4-5,8,15H2,(H,16,17,18). The van der Waals surface area contributed by atoms with E-state index < -0.39 is 0 Å². The average molecular weight is 268 g/mol. The van der Waals surface area contributed by atoms with Gasteiger partial charge in [-0.05, 0) is 37.4 Å². The maximum atomic E-state index is 12.2. The van der Waals surface area contributed by atoms with Crippen molar-refractivity contribution >= 4 is 23.3 Å². The summed E-state index contributed by atoms with van der Waals surface area (Å²) < 4.78 is 0. The molecule has 0 aromatic carbocycles. The summed E-state index contributed by atoms with van der Waals surface area (Å²) >= 11 is 5.79. The van der Waals surface area contributed by atoms with Crippen molar-refractivity contribution in [2.45, 2.75) is 25.7 Å². The van der Waals surface area contributed by atoms with Gasteiger partial charge in [0.1, 0.15) is 11.0 Å². The number of halogens is 1. The van der Waals surface area contributed by atoms with Crippen LogP contribution >= 0.6 is 11.6 Å². The predicted molar refractivity (Wildman–Crippen MR) is 72.4 cm³/mol. The molecule has 1 aromatic heterocycles. The highest BCUT2D eigenvalue weighted by Crippen LogP contribution is 2.30. The first-order valence-corrected chi connectivity index (χ1v) is 6.72. The van der Waals surface area contributed by atoms with Crippen LogP contribution in [0.3, 0.4) is 0 Å². The third-order valence-corrected chi connectivity index (χ3v) is 3.73. The number of hydrogen-bond donors (Lipinski definition) is 2. The van der Waals surface area contributed by atoms with Gasteiger partial charge in [-0.2, -0.15) is 0 Å². The Kier molecular flexibility index (Phi) is 4.55. The number of anilines is 1. The highest BCUT2D eigenvalue weighted by molar-refractivity contribution is 6.29. The van der Waals surface area contributed by atoms with E-state index in [0.29, 0.717) is 17.5 Å². The van der Waals surface area contributed by atoms with Gasteiger partial charge >= 0.3 is 0 Å². The summed E-state index contributed by atoms with van der Waals surface area (Å²) in [6.07, 6.45) is 4.21. The van der Waals surface area contributed by atoms with Gasteiger partial charge in [0.25, 0.3) is 0 Å². The molecule has 1 aliphatic carbocycles. The van der Waals surface area contributed by atoms with Crippen molar-refractivity contribution in [2.24, 2.45) is 17.6 Å². The Morgan fingerprint density at radius 2 is 2.22 bits per heavy atom. The molecule has 2 atom stereocenters. The molecule has 1 amide bonds. The molecule has 2 rings (SSSR count). The number of amides is 1. The van der Waals surface area contributed by atoms with E-state index in [1.54, 1.807) is 18.2 Å². The Morgan fingerprint density at radius 1 is 1.44 bits per heavy atom. The Hall–Kier alpha value is -1.13. The molecule has 0 spiro atoms. The summed E-state index contributed by atoms with van der Waals surface area (Å²) in [6, 6.07) is 5.19. The number of rotatable bonds is 3. The topological polar surface area (TPSA) is 68.0 Å². The molecule has 98 valence electrons.